The van der Waals surface area contributed by atoms with E-state index in [0.29, 0.717) is 5.92 Å². The van der Waals surface area contributed by atoms with Crippen LogP contribution in [0.5, 0.6) is 0 Å². The molecule has 27 heavy (non-hydrogen) atoms. The molecule has 0 aliphatic heterocycles. The molecule has 2 aromatic rings. The molecule has 1 fully saturated rings. The quantitative estimate of drug-likeness (QED) is 0.633. The van der Waals surface area contributed by atoms with Gasteiger partial charge in [-0.15, -0.1) is 12.4 Å². The fraction of sp³-hybridized carbons (Fsp3) is 0.500. The van der Waals surface area contributed by atoms with Gasteiger partial charge in [0, 0.05) is 0 Å². The first-order valence-electron chi connectivity index (χ1n) is 10.3. The van der Waals surface area contributed by atoms with E-state index in [-0.39, 0.29) is 18.4 Å². The van der Waals surface area contributed by atoms with Gasteiger partial charge in [0.25, 0.3) is 0 Å². The van der Waals surface area contributed by atoms with Crippen LogP contribution in [0.4, 0.5) is 0 Å². The number of halogens is 1. The Morgan fingerprint density at radius 2 is 1.41 bits per heavy atom. The standard InChI is InChI=1S/C24H33NO.ClH/c1-3-25(4-2)23(20-14-8-5-9-15-20)24(26,21-16-10-6-11-17-21)22-18-12-7-13-19-22;/h5-6,8-11,14-17,22-23,26H,3-4,7,12-13,18-19H2,1-2H3;1H. The summed E-state index contributed by atoms with van der Waals surface area (Å²) in [5.74, 6) is 0.296. The minimum atomic E-state index is -0.866. The van der Waals surface area contributed by atoms with Gasteiger partial charge in [-0.3, -0.25) is 4.90 Å². The van der Waals surface area contributed by atoms with E-state index >= 15 is 0 Å². The van der Waals surface area contributed by atoms with E-state index in [1.165, 1.54) is 24.8 Å². The molecular weight excluding hydrogens is 354 g/mol. The van der Waals surface area contributed by atoms with Crippen molar-refractivity contribution in [2.45, 2.75) is 57.6 Å². The summed E-state index contributed by atoms with van der Waals surface area (Å²) in [6.07, 6.45) is 5.95. The summed E-state index contributed by atoms with van der Waals surface area (Å²) in [6.45, 7) is 6.26. The maximum atomic E-state index is 12.4. The van der Waals surface area contributed by atoms with Gasteiger partial charge in [0.15, 0.2) is 0 Å². The largest absolute Gasteiger partial charge is 0.383 e. The van der Waals surface area contributed by atoms with E-state index in [9.17, 15) is 5.11 Å². The smallest absolute Gasteiger partial charge is 0.112 e. The zero-order valence-electron chi connectivity index (χ0n) is 16.7. The van der Waals surface area contributed by atoms with Gasteiger partial charge in [-0.1, -0.05) is 93.8 Å². The molecule has 2 aromatic carbocycles. The maximum Gasteiger partial charge on any atom is 0.112 e. The van der Waals surface area contributed by atoms with Crippen LogP contribution in [0.25, 0.3) is 0 Å². The van der Waals surface area contributed by atoms with E-state index in [2.05, 4.69) is 73.3 Å². The first-order valence-corrected chi connectivity index (χ1v) is 10.3. The lowest BCUT2D eigenvalue weighted by Crippen LogP contribution is -2.49. The van der Waals surface area contributed by atoms with Gasteiger partial charge in [-0.05, 0) is 43.0 Å². The fourth-order valence-electron chi connectivity index (χ4n) is 4.83. The fourth-order valence-corrected chi connectivity index (χ4v) is 4.83. The second-order valence-corrected chi connectivity index (χ2v) is 7.56. The summed E-state index contributed by atoms with van der Waals surface area (Å²) in [6, 6.07) is 21.0. The lowest BCUT2D eigenvalue weighted by Gasteiger charge is -2.48. The third-order valence-electron chi connectivity index (χ3n) is 6.17. The molecule has 2 unspecified atom stereocenters. The molecule has 0 aromatic heterocycles. The molecule has 3 rings (SSSR count). The highest BCUT2D eigenvalue weighted by Gasteiger charge is 2.47. The molecule has 1 saturated carbocycles. The highest BCUT2D eigenvalue weighted by atomic mass is 35.5. The molecule has 1 N–H and O–H groups in total. The molecule has 3 heteroatoms. The number of hydrogen-bond acceptors (Lipinski definition) is 2. The van der Waals surface area contributed by atoms with Crippen LogP contribution < -0.4 is 0 Å². The summed E-state index contributed by atoms with van der Waals surface area (Å²) in [5.41, 5.74) is 1.41. The summed E-state index contributed by atoms with van der Waals surface area (Å²) >= 11 is 0. The number of likely N-dealkylation sites (N-methyl/N-ethyl adjacent to an activating group) is 1. The Morgan fingerprint density at radius 3 is 1.93 bits per heavy atom. The van der Waals surface area contributed by atoms with Crippen molar-refractivity contribution in [2.75, 3.05) is 13.1 Å². The third-order valence-corrected chi connectivity index (χ3v) is 6.17. The van der Waals surface area contributed by atoms with Crippen LogP contribution in [-0.4, -0.2) is 23.1 Å². The summed E-state index contributed by atoms with van der Waals surface area (Å²) in [5, 5.41) is 12.4. The second-order valence-electron chi connectivity index (χ2n) is 7.56. The van der Waals surface area contributed by atoms with Crippen molar-refractivity contribution in [3.63, 3.8) is 0 Å². The van der Waals surface area contributed by atoms with Gasteiger partial charge in [-0.25, -0.2) is 0 Å². The van der Waals surface area contributed by atoms with E-state index in [4.69, 9.17) is 0 Å². The van der Waals surface area contributed by atoms with Crippen LogP contribution in [0.15, 0.2) is 60.7 Å². The normalized spacial score (nSPS) is 18.5. The van der Waals surface area contributed by atoms with Crippen molar-refractivity contribution in [1.82, 2.24) is 4.90 Å². The molecule has 1 aliphatic rings. The van der Waals surface area contributed by atoms with Crippen molar-refractivity contribution < 1.29 is 5.11 Å². The van der Waals surface area contributed by atoms with E-state index in [1.807, 2.05) is 6.07 Å². The molecular formula is C24H34ClNO. The molecule has 0 spiro atoms. The highest BCUT2D eigenvalue weighted by molar-refractivity contribution is 5.85. The average Bonchev–Trinajstić information content (AvgIpc) is 2.73. The number of hydrogen-bond donors (Lipinski definition) is 1. The first kappa shape index (κ1) is 21.9. The molecule has 0 saturated heterocycles. The monoisotopic (exact) mass is 387 g/mol. The lowest BCUT2D eigenvalue weighted by atomic mass is 9.67. The molecule has 0 radical (unpaired) electrons. The Morgan fingerprint density at radius 1 is 0.889 bits per heavy atom. The number of benzene rings is 2. The molecule has 2 nitrogen and oxygen atoms in total. The molecule has 2 atom stereocenters. The van der Waals surface area contributed by atoms with Crippen LogP contribution in [0, 0.1) is 5.92 Å². The van der Waals surface area contributed by atoms with Crippen LogP contribution in [0.2, 0.25) is 0 Å². The van der Waals surface area contributed by atoms with Gasteiger partial charge < -0.3 is 5.11 Å². The predicted molar refractivity (Wildman–Crippen MR) is 116 cm³/mol. The molecule has 0 amide bonds. The summed E-state index contributed by atoms with van der Waals surface area (Å²) < 4.78 is 0. The first-order chi connectivity index (χ1) is 12.7. The topological polar surface area (TPSA) is 23.5 Å². The lowest BCUT2D eigenvalue weighted by molar-refractivity contribution is -0.107. The number of aliphatic hydroxyl groups is 1. The van der Waals surface area contributed by atoms with E-state index in [1.54, 1.807) is 0 Å². The molecule has 0 heterocycles. The minimum absolute atomic E-state index is 0. The van der Waals surface area contributed by atoms with Crippen LogP contribution in [-0.2, 0) is 5.60 Å². The van der Waals surface area contributed by atoms with Crippen LogP contribution in [0.1, 0.15) is 63.1 Å². The van der Waals surface area contributed by atoms with Crippen molar-refractivity contribution in [3.05, 3.63) is 71.8 Å². The molecule has 148 valence electrons. The van der Waals surface area contributed by atoms with Crippen LogP contribution in [0.3, 0.4) is 0 Å². The SMILES string of the molecule is CCN(CC)C(c1ccccc1)C(O)(c1ccccc1)C1CCCCC1.Cl. The van der Waals surface area contributed by atoms with Gasteiger partial charge in [0.1, 0.15) is 5.60 Å². The third kappa shape index (κ3) is 4.56. The van der Waals surface area contributed by atoms with E-state index < -0.39 is 5.60 Å². The second kappa shape index (κ2) is 10.3. The zero-order valence-corrected chi connectivity index (χ0v) is 17.5. The Hall–Kier alpha value is -1.35. The van der Waals surface area contributed by atoms with Crippen molar-refractivity contribution in [3.8, 4) is 0 Å². The highest BCUT2D eigenvalue weighted by Crippen LogP contribution is 2.49. The van der Waals surface area contributed by atoms with Gasteiger partial charge in [0.2, 0.25) is 0 Å². The Kier molecular flexibility index (Phi) is 8.34. The number of rotatable bonds is 7. The van der Waals surface area contributed by atoms with Crippen molar-refractivity contribution in [1.29, 1.82) is 0 Å². The van der Waals surface area contributed by atoms with Gasteiger partial charge in [-0.2, -0.15) is 0 Å². The Labute approximate surface area is 171 Å². The number of nitrogens with zero attached hydrogens (tertiary/aromatic N) is 1. The van der Waals surface area contributed by atoms with Gasteiger partial charge in [0.05, 0.1) is 6.04 Å². The zero-order chi connectivity index (χ0) is 18.4. The van der Waals surface area contributed by atoms with Crippen molar-refractivity contribution >= 4 is 12.4 Å². The average molecular weight is 388 g/mol. The predicted octanol–water partition coefficient (Wildman–Crippen LogP) is 5.96. The minimum Gasteiger partial charge on any atom is -0.383 e. The summed E-state index contributed by atoms with van der Waals surface area (Å²) in [7, 11) is 0. The van der Waals surface area contributed by atoms with Crippen LogP contribution >= 0.6 is 12.4 Å². The maximum absolute atomic E-state index is 12.4. The molecule has 1 aliphatic carbocycles. The Balaban J connectivity index is 0.00000261. The van der Waals surface area contributed by atoms with Crippen molar-refractivity contribution in [2.24, 2.45) is 5.92 Å². The summed E-state index contributed by atoms with van der Waals surface area (Å²) in [4.78, 5) is 2.43. The molecule has 0 bridgehead atoms. The Bertz CT molecular complexity index is 653. The van der Waals surface area contributed by atoms with Gasteiger partial charge >= 0.3 is 0 Å². The van der Waals surface area contributed by atoms with E-state index in [0.717, 1.165) is 31.5 Å².